The van der Waals surface area contributed by atoms with Gasteiger partial charge in [0.1, 0.15) is 11.7 Å². The number of anilines is 3. The van der Waals surface area contributed by atoms with Gasteiger partial charge in [0.2, 0.25) is 11.9 Å². The van der Waals surface area contributed by atoms with Crippen molar-refractivity contribution >= 4 is 23.4 Å². The number of hydrogen-bond donors (Lipinski definition) is 2. The molecule has 1 amide bonds. The Hall–Kier alpha value is -3.93. The van der Waals surface area contributed by atoms with Crippen molar-refractivity contribution in [1.29, 1.82) is 5.26 Å². The third-order valence-electron chi connectivity index (χ3n) is 5.58. The van der Waals surface area contributed by atoms with E-state index in [1.165, 1.54) is 0 Å². The van der Waals surface area contributed by atoms with Gasteiger partial charge in [0.15, 0.2) is 5.82 Å². The molecule has 164 valence electrons. The van der Waals surface area contributed by atoms with Crippen molar-refractivity contribution in [3.63, 3.8) is 0 Å². The van der Waals surface area contributed by atoms with Gasteiger partial charge >= 0.3 is 0 Å². The highest BCUT2D eigenvalue weighted by Crippen LogP contribution is 2.34. The number of fused-ring (bicyclic) bond motifs is 1. The van der Waals surface area contributed by atoms with Crippen molar-refractivity contribution in [3.05, 3.63) is 59.0 Å². The summed E-state index contributed by atoms with van der Waals surface area (Å²) in [6.45, 7) is 6.93. The number of benzene rings is 1. The lowest BCUT2D eigenvalue weighted by atomic mass is 9.99. The van der Waals surface area contributed by atoms with Crippen LogP contribution in [0, 0.1) is 24.2 Å². The third kappa shape index (κ3) is 4.12. The molecular weight excluding hydrogens is 404 g/mol. The number of amides is 1. The number of hydrogen-bond acceptors (Lipinski definition) is 7. The highest BCUT2D eigenvalue weighted by molar-refractivity contribution is 6.03. The van der Waals surface area contributed by atoms with Crippen molar-refractivity contribution in [2.45, 2.75) is 39.9 Å². The van der Waals surface area contributed by atoms with Crippen molar-refractivity contribution in [3.8, 4) is 6.07 Å². The maximum Gasteiger partial charge on any atom is 0.247 e. The third-order valence-corrected chi connectivity index (χ3v) is 5.58. The zero-order chi connectivity index (χ0) is 22.8. The Kier molecular flexibility index (Phi) is 5.77. The predicted octanol–water partition coefficient (Wildman–Crippen LogP) is 2.93. The number of nitrogens with zero attached hydrogens (tertiary/aromatic N) is 6. The monoisotopic (exact) mass is 430 g/mol. The van der Waals surface area contributed by atoms with E-state index < -0.39 is 0 Å². The molecule has 0 saturated carbocycles. The summed E-state index contributed by atoms with van der Waals surface area (Å²) in [5.74, 6) is 1.32. The number of nitriles is 1. The molecule has 2 N–H and O–H groups in total. The van der Waals surface area contributed by atoms with Crippen LogP contribution in [0.3, 0.4) is 0 Å². The van der Waals surface area contributed by atoms with Gasteiger partial charge in [0, 0.05) is 25.4 Å². The summed E-state index contributed by atoms with van der Waals surface area (Å²) in [7, 11) is 1.89. The average Bonchev–Trinajstić information content (AvgIpc) is 3.20. The van der Waals surface area contributed by atoms with Gasteiger partial charge in [-0.3, -0.25) is 9.48 Å². The van der Waals surface area contributed by atoms with Gasteiger partial charge in [0.05, 0.1) is 30.1 Å². The van der Waals surface area contributed by atoms with E-state index in [4.69, 9.17) is 0 Å². The van der Waals surface area contributed by atoms with E-state index in [1.54, 1.807) is 12.3 Å². The number of carbonyl (C=O) groups is 1. The van der Waals surface area contributed by atoms with Gasteiger partial charge in [-0.25, -0.2) is 4.98 Å². The molecule has 1 aromatic carbocycles. The van der Waals surface area contributed by atoms with Crippen LogP contribution in [-0.2, 0) is 17.9 Å². The molecule has 0 spiro atoms. The number of nitrogens with one attached hydrogen (secondary N) is 2. The zero-order valence-electron chi connectivity index (χ0n) is 18.6. The van der Waals surface area contributed by atoms with Crippen molar-refractivity contribution in [1.82, 2.24) is 19.7 Å². The van der Waals surface area contributed by atoms with Gasteiger partial charge in [-0.2, -0.15) is 15.3 Å². The predicted molar refractivity (Wildman–Crippen MR) is 122 cm³/mol. The molecule has 1 aliphatic rings. The van der Waals surface area contributed by atoms with E-state index in [1.807, 2.05) is 61.8 Å². The summed E-state index contributed by atoms with van der Waals surface area (Å²) in [4.78, 5) is 23.6. The van der Waals surface area contributed by atoms with Crippen LogP contribution < -0.4 is 15.5 Å². The maximum absolute atomic E-state index is 12.5. The van der Waals surface area contributed by atoms with E-state index in [-0.39, 0.29) is 17.9 Å². The van der Waals surface area contributed by atoms with Crippen LogP contribution in [0.25, 0.3) is 0 Å². The molecule has 3 aromatic rings. The second-order valence-electron chi connectivity index (χ2n) is 8.29. The lowest BCUT2D eigenvalue weighted by molar-refractivity contribution is -0.118. The molecule has 4 rings (SSSR count). The smallest absolute Gasteiger partial charge is 0.247 e. The molecule has 3 heterocycles. The molecule has 1 aliphatic heterocycles. The van der Waals surface area contributed by atoms with Gasteiger partial charge in [-0.05, 0) is 24.5 Å². The van der Waals surface area contributed by atoms with Gasteiger partial charge in [0.25, 0.3) is 0 Å². The Morgan fingerprint density at radius 3 is 2.81 bits per heavy atom. The average molecular weight is 431 g/mol. The summed E-state index contributed by atoms with van der Waals surface area (Å²) in [5, 5.41) is 19.9. The van der Waals surface area contributed by atoms with Crippen molar-refractivity contribution < 1.29 is 4.79 Å². The minimum absolute atomic E-state index is 0.0344. The molecule has 0 bridgehead atoms. The summed E-state index contributed by atoms with van der Waals surface area (Å²) in [5.41, 5.74) is 3.92. The minimum atomic E-state index is -0.279. The van der Waals surface area contributed by atoms with Crippen molar-refractivity contribution in [2.75, 3.05) is 22.6 Å². The highest BCUT2D eigenvalue weighted by Gasteiger charge is 2.35. The number of carbonyl (C=O) groups excluding carboxylic acids is 1. The molecule has 9 nitrogen and oxygen atoms in total. The van der Waals surface area contributed by atoms with Crippen LogP contribution in [0.1, 0.15) is 36.2 Å². The number of aromatic nitrogens is 4. The SMILES string of the molecule is Cc1nc(NCc2cnn(Cc3ccccc3C#N)c2)nc2c1NC(=O)[C@H](C(C)C)N2C. The molecular formula is C23H26N8O. The van der Waals surface area contributed by atoms with Crippen LogP contribution in [0.4, 0.5) is 17.5 Å². The van der Waals surface area contributed by atoms with E-state index in [0.29, 0.717) is 41.8 Å². The maximum atomic E-state index is 12.5. The Labute approximate surface area is 187 Å². The molecule has 9 heteroatoms. The van der Waals surface area contributed by atoms with Gasteiger partial charge in [-0.15, -0.1) is 0 Å². The fraction of sp³-hybridized carbons (Fsp3) is 0.348. The Morgan fingerprint density at radius 2 is 2.06 bits per heavy atom. The van der Waals surface area contributed by atoms with Crippen LogP contribution in [0.2, 0.25) is 0 Å². The Balaban J connectivity index is 1.48. The summed E-state index contributed by atoms with van der Waals surface area (Å²) in [6, 6.07) is 9.45. The first kappa shape index (κ1) is 21.3. The lowest BCUT2D eigenvalue weighted by Crippen LogP contribution is -2.49. The van der Waals surface area contributed by atoms with Gasteiger partial charge < -0.3 is 15.5 Å². The van der Waals surface area contributed by atoms with E-state index >= 15 is 0 Å². The molecule has 0 radical (unpaired) electrons. The first-order valence-corrected chi connectivity index (χ1v) is 10.5. The van der Waals surface area contributed by atoms with E-state index in [2.05, 4.69) is 31.8 Å². The number of aryl methyl sites for hydroxylation is 1. The van der Waals surface area contributed by atoms with Crippen LogP contribution >= 0.6 is 0 Å². The van der Waals surface area contributed by atoms with E-state index in [0.717, 1.165) is 11.1 Å². The molecule has 0 fully saturated rings. The quantitative estimate of drug-likeness (QED) is 0.618. The molecule has 32 heavy (non-hydrogen) atoms. The first-order valence-electron chi connectivity index (χ1n) is 10.5. The lowest BCUT2D eigenvalue weighted by Gasteiger charge is -2.36. The summed E-state index contributed by atoms with van der Waals surface area (Å²) in [6.07, 6.45) is 3.72. The molecule has 0 aliphatic carbocycles. The van der Waals surface area contributed by atoms with Crippen LogP contribution in [0.5, 0.6) is 0 Å². The fourth-order valence-electron chi connectivity index (χ4n) is 4.00. The molecule has 0 saturated heterocycles. The Bertz CT molecular complexity index is 1190. The fourth-order valence-corrected chi connectivity index (χ4v) is 4.00. The summed E-state index contributed by atoms with van der Waals surface area (Å²) < 4.78 is 1.81. The molecule has 1 atom stereocenters. The zero-order valence-corrected chi connectivity index (χ0v) is 18.6. The number of rotatable bonds is 6. The Morgan fingerprint density at radius 1 is 1.28 bits per heavy atom. The first-order chi connectivity index (χ1) is 15.4. The minimum Gasteiger partial charge on any atom is -0.350 e. The largest absolute Gasteiger partial charge is 0.350 e. The molecule has 0 unspecified atom stereocenters. The van der Waals surface area contributed by atoms with Crippen LogP contribution in [0.15, 0.2) is 36.7 Å². The second kappa shape index (κ2) is 8.67. The van der Waals surface area contributed by atoms with Crippen LogP contribution in [-0.4, -0.2) is 38.7 Å². The normalized spacial score (nSPS) is 15.3. The van der Waals surface area contributed by atoms with Crippen molar-refractivity contribution in [2.24, 2.45) is 5.92 Å². The van der Waals surface area contributed by atoms with Gasteiger partial charge in [-0.1, -0.05) is 32.0 Å². The summed E-state index contributed by atoms with van der Waals surface area (Å²) >= 11 is 0. The molecule has 2 aromatic heterocycles. The number of likely N-dealkylation sites (N-methyl/N-ethyl adjacent to an activating group) is 1. The highest BCUT2D eigenvalue weighted by atomic mass is 16.2. The topological polar surface area (TPSA) is 112 Å². The second-order valence-corrected chi connectivity index (χ2v) is 8.29. The van der Waals surface area contributed by atoms with E-state index in [9.17, 15) is 10.1 Å². The standard InChI is InChI=1S/C23H26N8O/c1-14(2)20-22(32)28-19-15(3)27-23(29-21(19)30(20)4)25-10-16-11-26-31(12-16)13-18-8-6-5-7-17(18)9-24/h5-8,11-12,14,20H,10,13H2,1-4H3,(H,28,32)(H,25,27,29)/t20-/m0/s1.